The van der Waals surface area contributed by atoms with Crippen molar-refractivity contribution in [3.63, 3.8) is 0 Å². The minimum atomic E-state index is -0.371. The lowest BCUT2D eigenvalue weighted by atomic mass is 9.98. The minimum Gasteiger partial charge on any atom is -0.496 e. The van der Waals surface area contributed by atoms with Crippen LogP contribution in [0.4, 0.5) is 0 Å². The van der Waals surface area contributed by atoms with Gasteiger partial charge in [0.15, 0.2) is 0 Å². The Bertz CT molecular complexity index is 873. The highest BCUT2D eigenvalue weighted by Gasteiger charge is 2.22. The highest BCUT2D eigenvalue weighted by molar-refractivity contribution is 5.82. The van der Waals surface area contributed by atoms with E-state index in [1.54, 1.807) is 7.11 Å². The van der Waals surface area contributed by atoms with Crippen molar-refractivity contribution in [3.05, 3.63) is 102 Å². The number of ether oxygens (including phenoxy) is 1. The Labute approximate surface area is 172 Å². The van der Waals surface area contributed by atoms with E-state index in [1.165, 1.54) is 0 Å². The predicted molar refractivity (Wildman–Crippen MR) is 117 cm³/mol. The van der Waals surface area contributed by atoms with Crippen molar-refractivity contribution in [2.75, 3.05) is 7.11 Å². The largest absolute Gasteiger partial charge is 0.496 e. The number of hydrogen-bond acceptors (Lipinski definition) is 3. The van der Waals surface area contributed by atoms with Crippen LogP contribution in [0.5, 0.6) is 5.75 Å². The minimum absolute atomic E-state index is 0.0289. The Balaban J connectivity index is 1.74. The monoisotopic (exact) mass is 388 g/mol. The van der Waals surface area contributed by atoms with Gasteiger partial charge < -0.3 is 10.1 Å². The Hall–Kier alpha value is -3.11. The number of carbonyl (C=O) groups excluding carboxylic acids is 1. The molecule has 0 aromatic heterocycles. The summed E-state index contributed by atoms with van der Waals surface area (Å²) in [6, 6.07) is 27.3. The number of benzene rings is 3. The van der Waals surface area contributed by atoms with Crippen LogP contribution in [0.1, 0.15) is 42.6 Å². The van der Waals surface area contributed by atoms with Crippen LogP contribution in [0.2, 0.25) is 0 Å². The lowest BCUT2D eigenvalue weighted by Gasteiger charge is -2.25. The molecular weight excluding hydrogens is 360 g/mol. The van der Waals surface area contributed by atoms with Crippen LogP contribution >= 0.6 is 0 Å². The van der Waals surface area contributed by atoms with Crippen molar-refractivity contribution in [3.8, 4) is 5.75 Å². The third kappa shape index (κ3) is 5.24. The molecule has 4 heteroatoms. The molecule has 4 nitrogen and oxygen atoms in total. The molecule has 0 aliphatic carbocycles. The molecule has 0 aliphatic heterocycles. The molecule has 2 atom stereocenters. The van der Waals surface area contributed by atoms with E-state index < -0.39 is 0 Å². The van der Waals surface area contributed by atoms with Crippen LogP contribution < -0.4 is 15.4 Å². The number of para-hydroxylation sites is 1. The van der Waals surface area contributed by atoms with E-state index in [4.69, 9.17) is 4.74 Å². The number of rotatable bonds is 8. The van der Waals surface area contributed by atoms with Gasteiger partial charge in [-0.2, -0.15) is 0 Å². The third-order valence-corrected chi connectivity index (χ3v) is 5.05. The molecule has 3 rings (SSSR count). The number of carbonyl (C=O) groups is 1. The molecule has 0 fully saturated rings. The molecule has 3 aromatic carbocycles. The highest BCUT2D eigenvalue weighted by atomic mass is 16.5. The standard InChI is InChI=1S/C25H28N2O2/c1-18(22-16-10-11-17-23(22)29-3)26-19(2)25(28)27-24(20-12-6-4-7-13-20)21-14-8-5-9-15-21/h4-19,24,26H,1-3H3,(H,27,28)/t18-,19+/m0/s1. The first-order chi connectivity index (χ1) is 14.1. The van der Waals surface area contributed by atoms with E-state index in [0.29, 0.717) is 0 Å². The smallest absolute Gasteiger partial charge is 0.237 e. The fourth-order valence-corrected chi connectivity index (χ4v) is 3.48. The Morgan fingerprint density at radius 2 is 1.31 bits per heavy atom. The lowest BCUT2D eigenvalue weighted by Crippen LogP contribution is -2.44. The van der Waals surface area contributed by atoms with E-state index in [1.807, 2.05) is 98.8 Å². The second kappa shape index (κ2) is 9.89. The molecule has 0 saturated heterocycles. The molecule has 0 heterocycles. The Morgan fingerprint density at radius 3 is 1.86 bits per heavy atom. The fraction of sp³-hybridized carbons (Fsp3) is 0.240. The van der Waals surface area contributed by atoms with Crippen LogP contribution in [0.15, 0.2) is 84.9 Å². The van der Waals surface area contributed by atoms with Gasteiger partial charge in [-0.1, -0.05) is 78.9 Å². The number of amides is 1. The summed E-state index contributed by atoms with van der Waals surface area (Å²) in [6.45, 7) is 3.92. The maximum atomic E-state index is 13.0. The molecule has 0 radical (unpaired) electrons. The summed E-state index contributed by atoms with van der Waals surface area (Å²) in [4.78, 5) is 13.0. The summed E-state index contributed by atoms with van der Waals surface area (Å²) in [5.41, 5.74) is 3.13. The summed E-state index contributed by atoms with van der Waals surface area (Å²) < 4.78 is 5.45. The first-order valence-corrected chi connectivity index (χ1v) is 9.89. The lowest BCUT2D eigenvalue weighted by molar-refractivity contribution is -0.123. The maximum Gasteiger partial charge on any atom is 0.237 e. The van der Waals surface area contributed by atoms with Crippen LogP contribution in [-0.4, -0.2) is 19.1 Å². The fourth-order valence-electron chi connectivity index (χ4n) is 3.48. The molecule has 0 bridgehead atoms. The third-order valence-electron chi connectivity index (χ3n) is 5.05. The first-order valence-electron chi connectivity index (χ1n) is 9.89. The van der Waals surface area contributed by atoms with Gasteiger partial charge in [-0.25, -0.2) is 0 Å². The molecule has 3 aromatic rings. The zero-order valence-corrected chi connectivity index (χ0v) is 17.1. The van der Waals surface area contributed by atoms with E-state index in [0.717, 1.165) is 22.4 Å². The van der Waals surface area contributed by atoms with E-state index in [-0.39, 0.29) is 24.0 Å². The summed E-state index contributed by atoms with van der Waals surface area (Å²) in [5.74, 6) is 0.760. The van der Waals surface area contributed by atoms with Crippen molar-refractivity contribution in [2.45, 2.75) is 32.0 Å². The van der Waals surface area contributed by atoms with E-state index >= 15 is 0 Å². The second-order valence-electron chi connectivity index (χ2n) is 7.11. The SMILES string of the molecule is COc1ccccc1[C@H](C)N[C@H](C)C(=O)NC(c1ccccc1)c1ccccc1. The highest BCUT2D eigenvalue weighted by Crippen LogP contribution is 2.25. The maximum absolute atomic E-state index is 13.0. The molecule has 150 valence electrons. The van der Waals surface area contributed by atoms with Crippen LogP contribution in [-0.2, 0) is 4.79 Å². The zero-order valence-electron chi connectivity index (χ0n) is 17.1. The van der Waals surface area contributed by atoms with Crippen molar-refractivity contribution in [1.82, 2.24) is 10.6 Å². The van der Waals surface area contributed by atoms with Gasteiger partial charge in [-0.15, -0.1) is 0 Å². The first kappa shape index (κ1) is 20.6. The Kier molecular flexibility index (Phi) is 7.04. The average molecular weight is 389 g/mol. The normalized spacial score (nSPS) is 13.0. The number of hydrogen-bond donors (Lipinski definition) is 2. The topological polar surface area (TPSA) is 50.4 Å². The summed E-state index contributed by atoms with van der Waals surface area (Å²) in [7, 11) is 1.66. The number of methoxy groups -OCH3 is 1. The van der Waals surface area contributed by atoms with Gasteiger partial charge in [0, 0.05) is 11.6 Å². The number of nitrogens with one attached hydrogen (secondary N) is 2. The van der Waals surface area contributed by atoms with Crippen molar-refractivity contribution >= 4 is 5.91 Å². The molecule has 0 aliphatic rings. The second-order valence-corrected chi connectivity index (χ2v) is 7.11. The molecule has 1 amide bonds. The van der Waals surface area contributed by atoms with Crippen LogP contribution in [0.3, 0.4) is 0 Å². The van der Waals surface area contributed by atoms with Crippen molar-refractivity contribution in [1.29, 1.82) is 0 Å². The predicted octanol–water partition coefficient (Wildman–Crippen LogP) is 4.64. The van der Waals surface area contributed by atoms with Gasteiger partial charge in [-0.05, 0) is 31.0 Å². The average Bonchev–Trinajstić information content (AvgIpc) is 2.78. The quantitative estimate of drug-likeness (QED) is 0.591. The van der Waals surface area contributed by atoms with Gasteiger partial charge in [0.2, 0.25) is 5.91 Å². The molecule has 0 unspecified atom stereocenters. The van der Waals surface area contributed by atoms with Gasteiger partial charge in [0.05, 0.1) is 19.2 Å². The van der Waals surface area contributed by atoms with Crippen molar-refractivity contribution < 1.29 is 9.53 Å². The van der Waals surface area contributed by atoms with Gasteiger partial charge in [0.1, 0.15) is 5.75 Å². The molecule has 0 saturated carbocycles. The summed E-state index contributed by atoms with van der Waals surface area (Å²) in [5, 5.41) is 6.59. The van der Waals surface area contributed by atoms with Gasteiger partial charge in [0.25, 0.3) is 0 Å². The summed E-state index contributed by atoms with van der Waals surface area (Å²) in [6.07, 6.45) is 0. The Morgan fingerprint density at radius 1 is 0.793 bits per heavy atom. The summed E-state index contributed by atoms with van der Waals surface area (Å²) >= 11 is 0. The molecule has 0 spiro atoms. The molecular formula is C25H28N2O2. The van der Waals surface area contributed by atoms with E-state index in [9.17, 15) is 4.79 Å². The van der Waals surface area contributed by atoms with Gasteiger partial charge >= 0.3 is 0 Å². The van der Waals surface area contributed by atoms with Gasteiger partial charge in [-0.3, -0.25) is 10.1 Å². The van der Waals surface area contributed by atoms with E-state index in [2.05, 4.69) is 10.6 Å². The van der Waals surface area contributed by atoms with Crippen LogP contribution in [0.25, 0.3) is 0 Å². The van der Waals surface area contributed by atoms with Crippen LogP contribution in [0, 0.1) is 0 Å². The molecule has 29 heavy (non-hydrogen) atoms. The van der Waals surface area contributed by atoms with Crippen molar-refractivity contribution in [2.24, 2.45) is 0 Å². The zero-order chi connectivity index (χ0) is 20.6. The molecule has 2 N–H and O–H groups in total.